The molecular formula is C23H24N4O2S. The minimum atomic E-state index is -0.405. The van der Waals surface area contributed by atoms with E-state index in [0.29, 0.717) is 6.54 Å². The molecule has 6 nitrogen and oxygen atoms in total. The summed E-state index contributed by atoms with van der Waals surface area (Å²) < 4.78 is 7.31. The highest BCUT2D eigenvalue weighted by Gasteiger charge is 2.14. The zero-order chi connectivity index (χ0) is 21.7. The predicted molar refractivity (Wildman–Crippen MR) is 119 cm³/mol. The highest BCUT2D eigenvalue weighted by atomic mass is 32.1. The lowest BCUT2D eigenvalue weighted by Crippen LogP contribution is -2.24. The van der Waals surface area contributed by atoms with Crippen molar-refractivity contribution in [2.45, 2.75) is 33.7 Å². The van der Waals surface area contributed by atoms with Crippen molar-refractivity contribution in [2.75, 3.05) is 7.11 Å². The zero-order valence-electron chi connectivity index (χ0n) is 17.5. The van der Waals surface area contributed by atoms with Gasteiger partial charge in [-0.2, -0.15) is 5.26 Å². The van der Waals surface area contributed by atoms with Crippen LogP contribution < -0.4 is 10.1 Å². The Balaban J connectivity index is 1.81. The minimum absolute atomic E-state index is 0.0657. The molecule has 0 atom stereocenters. The van der Waals surface area contributed by atoms with Crippen molar-refractivity contribution < 1.29 is 9.53 Å². The number of aromatic nitrogens is 2. The number of hydrogen-bond acceptors (Lipinski definition) is 5. The largest absolute Gasteiger partial charge is 0.497 e. The summed E-state index contributed by atoms with van der Waals surface area (Å²) in [5, 5.41) is 15.3. The molecule has 0 aliphatic carbocycles. The molecule has 0 radical (unpaired) electrons. The molecule has 1 amide bonds. The standard InChI is InChI=1S/C23H24N4O2S/c1-5-22-26-19(14-30-22)13-25-23(28)18(12-24)11-17-10-15(2)27(16(17)3)20-6-8-21(29-4)9-7-20/h6-11,14H,5,13H2,1-4H3,(H,25,28)/b18-11-. The first-order chi connectivity index (χ1) is 14.5. The first kappa shape index (κ1) is 21.3. The van der Waals surface area contributed by atoms with Gasteiger partial charge in [0, 0.05) is 22.5 Å². The van der Waals surface area contributed by atoms with Crippen LogP contribution in [0, 0.1) is 25.2 Å². The summed E-state index contributed by atoms with van der Waals surface area (Å²) in [7, 11) is 1.63. The van der Waals surface area contributed by atoms with Crippen LogP contribution in [0.3, 0.4) is 0 Å². The lowest BCUT2D eigenvalue weighted by molar-refractivity contribution is -0.117. The van der Waals surface area contributed by atoms with Gasteiger partial charge in [-0.1, -0.05) is 6.92 Å². The Kier molecular flexibility index (Phi) is 6.70. The third kappa shape index (κ3) is 4.61. The molecule has 0 saturated carbocycles. The molecule has 0 fully saturated rings. The number of carbonyl (C=O) groups excluding carboxylic acids is 1. The molecule has 1 N–H and O–H groups in total. The van der Waals surface area contributed by atoms with Gasteiger partial charge in [0.1, 0.15) is 17.4 Å². The molecule has 2 heterocycles. The number of hydrogen-bond donors (Lipinski definition) is 1. The summed E-state index contributed by atoms with van der Waals surface area (Å²) in [5.74, 6) is 0.383. The molecule has 0 aliphatic heterocycles. The molecule has 0 bridgehead atoms. The fourth-order valence-electron chi connectivity index (χ4n) is 3.23. The average Bonchev–Trinajstić information content (AvgIpc) is 3.34. The number of methoxy groups -OCH3 is 1. The summed E-state index contributed by atoms with van der Waals surface area (Å²) in [6.07, 6.45) is 2.50. The highest BCUT2D eigenvalue weighted by Crippen LogP contribution is 2.24. The number of benzene rings is 1. The van der Waals surface area contributed by atoms with Crippen LogP contribution in [0.15, 0.2) is 41.3 Å². The van der Waals surface area contributed by atoms with Crippen LogP contribution in [0.1, 0.15) is 34.6 Å². The fourth-order valence-corrected chi connectivity index (χ4v) is 3.97. The number of nitrogens with zero attached hydrogens (tertiary/aromatic N) is 3. The third-order valence-electron chi connectivity index (χ3n) is 4.80. The van der Waals surface area contributed by atoms with Crippen LogP contribution in [0.2, 0.25) is 0 Å². The SMILES string of the molecule is CCc1nc(CNC(=O)/C(C#N)=C\c2cc(C)n(-c3ccc(OC)cc3)c2C)cs1. The second-order valence-electron chi connectivity index (χ2n) is 6.80. The van der Waals surface area contributed by atoms with Crippen molar-refractivity contribution >= 4 is 23.3 Å². The summed E-state index contributed by atoms with van der Waals surface area (Å²) in [4.78, 5) is 17.0. The van der Waals surface area contributed by atoms with E-state index in [-0.39, 0.29) is 5.57 Å². The zero-order valence-corrected chi connectivity index (χ0v) is 18.3. The summed E-state index contributed by atoms with van der Waals surface area (Å²) in [6.45, 7) is 6.31. The summed E-state index contributed by atoms with van der Waals surface area (Å²) >= 11 is 1.57. The first-order valence-electron chi connectivity index (χ1n) is 9.63. The van der Waals surface area contributed by atoms with Gasteiger partial charge >= 0.3 is 0 Å². The Hall–Kier alpha value is -3.37. The molecule has 30 heavy (non-hydrogen) atoms. The van der Waals surface area contributed by atoms with Crippen LogP contribution in [0.25, 0.3) is 11.8 Å². The van der Waals surface area contributed by atoms with E-state index in [9.17, 15) is 10.1 Å². The van der Waals surface area contributed by atoms with Crippen molar-refractivity contribution in [1.29, 1.82) is 5.26 Å². The lowest BCUT2D eigenvalue weighted by atomic mass is 10.1. The molecule has 2 aromatic heterocycles. The lowest BCUT2D eigenvalue weighted by Gasteiger charge is -2.10. The van der Waals surface area contributed by atoms with E-state index < -0.39 is 5.91 Å². The van der Waals surface area contributed by atoms with E-state index in [0.717, 1.165) is 45.5 Å². The molecule has 0 unspecified atom stereocenters. The van der Waals surface area contributed by atoms with Gasteiger partial charge in [0.25, 0.3) is 5.91 Å². The number of amides is 1. The van der Waals surface area contributed by atoms with Crippen molar-refractivity contribution in [3.05, 3.63) is 68.9 Å². The molecular weight excluding hydrogens is 396 g/mol. The van der Waals surface area contributed by atoms with E-state index in [1.807, 2.05) is 62.6 Å². The molecule has 7 heteroatoms. The second kappa shape index (κ2) is 9.42. The average molecular weight is 421 g/mol. The summed E-state index contributed by atoms with van der Waals surface area (Å²) in [6, 6.07) is 11.7. The molecule has 0 saturated heterocycles. The number of aryl methyl sites for hydroxylation is 2. The van der Waals surface area contributed by atoms with E-state index >= 15 is 0 Å². The molecule has 154 valence electrons. The number of ether oxygens (including phenoxy) is 1. The van der Waals surface area contributed by atoms with Gasteiger partial charge in [-0.15, -0.1) is 11.3 Å². The Morgan fingerprint density at radius 2 is 2.07 bits per heavy atom. The summed E-state index contributed by atoms with van der Waals surface area (Å²) in [5.41, 5.74) is 4.65. The number of nitrogens with one attached hydrogen (secondary N) is 1. The van der Waals surface area contributed by atoms with E-state index in [1.54, 1.807) is 24.5 Å². The van der Waals surface area contributed by atoms with Gasteiger partial charge in [-0.05, 0) is 62.2 Å². The fraction of sp³-hybridized carbons (Fsp3) is 0.261. The van der Waals surface area contributed by atoms with Gasteiger partial charge in [0.05, 0.1) is 24.4 Å². The Morgan fingerprint density at radius 1 is 1.33 bits per heavy atom. The highest BCUT2D eigenvalue weighted by molar-refractivity contribution is 7.09. The Labute approximate surface area is 180 Å². The van der Waals surface area contributed by atoms with Crippen LogP contribution in [-0.2, 0) is 17.8 Å². The number of thiazole rings is 1. The maximum absolute atomic E-state index is 12.5. The third-order valence-corrected chi connectivity index (χ3v) is 5.84. The number of rotatable bonds is 7. The number of nitriles is 1. The quantitative estimate of drug-likeness (QED) is 0.455. The Morgan fingerprint density at radius 3 is 2.67 bits per heavy atom. The molecule has 1 aromatic carbocycles. The minimum Gasteiger partial charge on any atom is -0.497 e. The van der Waals surface area contributed by atoms with Crippen molar-refractivity contribution in [3.63, 3.8) is 0 Å². The van der Waals surface area contributed by atoms with Crippen LogP contribution in [0.4, 0.5) is 0 Å². The smallest absolute Gasteiger partial charge is 0.262 e. The molecule has 3 aromatic rings. The molecule has 0 aliphatic rings. The van der Waals surface area contributed by atoms with Crippen LogP contribution >= 0.6 is 11.3 Å². The topological polar surface area (TPSA) is 79.9 Å². The van der Waals surface area contributed by atoms with Gasteiger partial charge < -0.3 is 14.6 Å². The molecule has 0 spiro atoms. The van der Waals surface area contributed by atoms with Gasteiger partial charge in [-0.3, -0.25) is 4.79 Å². The van der Waals surface area contributed by atoms with Crippen molar-refractivity contribution in [2.24, 2.45) is 0 Å². The number of carbonyl (C=O) groups is 1. The van der Waals surface area contributed by atoms with E-state index in [2.05, 4.69) is 14.9 Å². The monoisotopic (exact) mass is 420 g/mol. The first-order valence-corrected chi connectivity index (χ1v) is 10.5. The maximum Gasteiger partial charge on any atom is 0.262 e. The predicted octanol–water partition coefficient (Wildman–Crippen LogP) is 4.35. The molecule has 3 rings (SSSR count). The van der Waals surface area contributed by atoms with Gasteiger partial charge in [-0.25, -0.2) is 4.98 Å². The van der Waals surface area contributed by atoms with Gasteiger partial charge in [0.15, 0.2) is 0 Å². The maximum atomic E-state index is 12.5. The van der Waals surface area contributed by atoms with Crippen LogP contribution in [-0.4, -0.2) is 22.6 Å². The Bertz CT molecular complexity index is 1120. The second-order valence-corrected chi connectivity index (χ2v) is 7.74. The normalized spacial score (nSPS) is 11.2. The van der Waals surface area contributed by atoms with E-state index in [1.165, 1.54) is 0 Å². The van der Waals surface area contributed by atoms with Crippen LogP contribution in [0.5, 0.6) is 5.75 Å². The van der Waals surface area contributed by atoms with Gasteiger partial charge in [0.2, 0.25) is 0 Å². The van der Waals surface area contributed by atoms with Crippen molar-refractivity contribution in [1.82, 2.24) is 14.9 Å². The van der Waals surface area contributed by atoms with Crippen molar-refractivity contribution in [3.8, 4) is 17.5 Å². The van der Waals surface area contributed by atoms with E-state index in [4.69, 9.17) is 4.74 Å².